The summed E-state index contributed by atoms with van der Waals surface area (Å²) in [6.07, 6.45) is 1.48. The lowest BCUT2D eigenvalue weighted by molar-refractivity contribution is -0.154. The predicted octanol–water partition coefficient (Wildman–Crippen LogP) is 5.43. The van der Waals surface area contributed by atoms with E-state index in [-0.39, 0.29) is 29.4 Å². The summed E-state index contributed by atoms with van der Waals surface area (Å²) >= 11 is 0. The number of aryl methyl sites for hydroxylation is 1. The van der Waals surface area contributed by atoms with Crippen molar-refractivity contribution in [3.8, 4) is 5.88 Å². The highest BCUT2D eigenvalue weighted by atomic mass is 19.3. The summed E-state index contributed by atoms with van der Waals surface area (Å²) in [4.78, 5) is 31.4. The third kappa shape index (κ3) is 7.03. The molecule has 0 saturated carbocycles. The summed E-state index contributed by atoms with van der Waals surface area (Å²) in [6, 6.07) is 11.0. The molecule has 0 atom stereocenters. The molecule has 0 aliphatic carbocycles. The first kappa shape index (κ1) is 28.5. The lowest BCUT2D eigenvalue weighted by atomic mass is 9.69. The van der Waals surface area contributed by atoms with Gasteiger partial charge in [-0.1, -0.05) is 38.1 Å². The molecule has 1 fully saturated rings. The number of aromatic nitrogens is 1. The Bertz CT molecular complexity index is 1110. The van der Waals surface area contributed by atoms with E-state index in [4.69, 9.17) is 4.74 Å². The van der Waals surface area contributed by atoms with Gasteiger partial charge in [0.1, 0.15) is 11.3 Å². The van der Waals surface area contributed by atoms with E-state index in [1.54, 1.807) is 13.0 Å². The van der Waals surface area contributed by atoms with Crippen molar-refractivity contribution in [3.63, 3.8) is 0 Å². The quantitative estimate of drug-likeness (QED) is 0.401. The number of carbonyl (C=O) groups is 2. The van der Waals surface area contributed by atoms with E-state index in [1.807, 2.05) is 38.1 Å². The van der Waals surface area contributed by atoms with Crippen LogP contribution in [0, 0.1) is 6.92 Å². The van der Waals surface area contributed by atoms with Crippen molar-refractivity contribution in [2.45, 2.75) is 77.9 Å². The standard InChI is InChI=1S/C28H37F2N3O4/c1-18(2)21-10-7-8-11-22(21)28(16-33(17-28)15-9-14-27(5,6)37-20(4)34)25(35)32-23-13-12-19(3)31-24(23)36-26(29)30/h7-8,10-13,18,26H,9,14-17H2,1-6H3,(H,32,35). The van der Waals surface area contributed by atoms with Crippen LogP contribution in [0.15, 0.2) is 36.4 Å². The molecule has 37 heavy (non-hydrogen) atoms. The van der Waals surface area contributed by atoms with E-state index in [0.29, 0.717) is 25.2 Å². The van der Waals surface area contributed by atoms with Crippen molar-refractivity contribution in [3.05, 3.63) is 53.2 Å². The highest BCUT2D eigenvalue weighted by Crippen LogP contribution is 2.40. The second kappa shape index (κ2) is 11.5. The molecule has 1 saturated heterocycles. The van der Waals surface area contributed by atoms with Gasteiger partial charge < -0.3 is 19.7 Å². The van der Waals surface area contributed by atoms with Crippen molar-refractivity contribution in [1.29, 1.82) is 0 Å². The lowest BCUT2D eigenvalue weighted by Crippen LogP contribution is -2.65. The van der Waals surface area contributed by atoms with Gasteiger partial charge in [-0.3, -0.25) is 9.59 Å². The number of likely N-dealkylation sites (tertiary alicyclic amines) is 1. The Labute approximate surface area is 217 Å². The normalized spacial score (nSPS) is 15.4. The molecular weight excluding hydrogens is 480 g/mol. The topological polar surface area (TPSA) is 80.8 Å². The highest BCUT2D eigenvalue weighted by Gasteiger charge is 2.51. The first-order chi connectivity index (χ1) is 17.3. The van der Waals surface area contributed by atoms with Gasteiger partial charge in [0.05, 0.1) is 5.41 Å². The van der Waals surface area contributed by atoms with E-state index in [0.717, 1.165) is 24.1 Å². The number of anilines is 1. The number of rotatable bonds is 11. The average Bonchev–Trinajstić information content (AvgIpc) is 2.75. The number of nitrogens with zero attached hydrogens (tertiary/aromatic N) is 2. The fourth-order valence-electron chi connectivity index (χ4n) is 4.96. The molecule has 7 nitrogen and oxygen atoms in total. The molecule has 2 aromatic rings. The lowest BCUT2D eigenvalue weighted by Gasteiger charge is -2.50. The Morgan fingerprint density at radius 2 is 1.84 bits per heavy atom. The molecule has 1 aromatic heterocycles. The fraction of sp³-hybridized carbons (Fsp3) is 0.536. The highest BCUT2D eigenvalue weighted by molar-refractivity contribution is 6.01. The maximum Gasteiger partial charge on any atom is 0.388 e. The van der Waals surface area contributed by atoms with Gasteiger partial charge in [-0.05, 0) is 69.3 Å². The van der Waals surface area contributed by atoms with Crippen LogP contribution < -0.4 is 10.1 Å². The van der Waals surface area contributed by atoms with Crippen LogP contribution >= 0.6 is 0 Å². The summed E-state index contributed by atoms with van der Waals surface area (Å²) in [5.74, 6) is -0.713. The van der Waals surface area contributed by atoms with Crippen LogP contribution in [0.4, 0.5) is 14.5 Å². The maximum atomic E-state index is 13.8. The van der Waals surface area contributed by atoms with E-state index < -0.39 is 17.6 Å². The molecule has 3 rings (SSSR count). The number of benzene rings is 1. The van der Waals surface area contributed by atoms with Crippen LogP contribution in [0.2, 0.25) is 0 Å². The fourth-order valence-corrected chi connectivity index (χ4v) is 4.96. The van der Waals surface area contributed by atoms with Crippen LogP contribution in [-0.4, -0.2) is 53.6 Å². The molecule has 9 heteroatoms. The third-order valence-corrected chi connectivity index (χ3v) is 6.64. The minimum Gasteiger partial charge on any atom is -0.460 e. The summed E-state index contributed by atoms with van der Waals surface area (Å²) in [5.41, 5.74) is 1.18. The van der Waals surface area contributed by atoms with E-state index in [1.165, 1.54) is 13.0 Å². The van der Waals surface area contributed by atoms with Crippen LogP contribution in [-0.2, 0) is 19.7 Å². The van der Waals surface area contributed by atoms with Gasteiger partial charge in [0.15, 0.2) is 0 Å². The average molecular weight is 518 g/mol. The van der Waals surface area contributed by atoms with Crippen molar-refractivity contribution in [2.24, 2.45) is 0 Å². The number of nitrogens with one attached hydrogen (secondary N) is 1. The number of pyridine rings is 1. The predicted molar refractivity (Wildman–Crippen MR) is 138 cm³/mol. The SMILES string of the molecule is CC(=O)OC(C)(C)CCCN1CC(C(=O)Nc2ccc(C)nc2OC(F)F)(c2ccccc2C(C)C)C1. The molecule has 1 N–H and O–H groups in total. The Kier molecular flexibility index (Phi) is 8.89. The molecule has 0 unspecified atom stereocenters. The Morgan fingerprint density at radius 1 is 1.16 bits per heavy atom. The minimum atomic E-state index is -3.06. The number of hydrogen-bond donors (Lipinski definition) is 1. The van der Waals surface area contributed by atoms with E-state index in [9.17, 15) is 18.4 Å². The molecule has 0 spiro atoms. The largest absolute Gasteiger partial charge is 0.460 e. The maximum absolute atomic E-state index is 13.8. The van der Waals surface area contributed by atoms with Gasteiger partial charge in [-0.2, -0.15) is 8.78 Å². The first-order valence-electron chi connectivity index (χ1n) is 12.6. The summed E-state index contributed by atoms with van der Waals surface area (Å²) in [7, 11) is 0. The second-order valence-electron chi connectivity index (χ2n) is 10.6. The zero-order chi connectivity index (χ0) is 27.4. The Balaban J connectivity index is 1.83. The number of esters is 1. The molecule has 1 aliphatic heterocycles. The van der Waals surface area contributed by atoms with Crippen LogP contribution in [0.3, 0.4) is 0 Å². The van der Waals surface area contributed by atoms with Gasteiger partial charge in [0.2, 0.25) is 11.8 Å². The van der Waals surface area contributed by atoms with E-state index in [2.05, 4.69) is 33.8 Å². The molecule has 0 bridgehead atoms. The number of carbonyl (C=O) groups excluding carboxylic acids is 2. The molecule has 0 radical (unpaired) electrons. The van der Waals surface area contributed by atoms with Crippen molar-refractivity contribution in [2.75, 3.05) is 25.0 Å². The van der Waals surface area contributed by atoms with Gasteiger partial charge in [0, 0.05) is 25.7 Å². The van der Waals surface area contributed by atoms with Gasteiger partial charge in [-0.25, -0.2) is 4.98 Å². The van der Waals surface area contributed by atoms with Crippen molar-refractivity contribution in [1.82, 2.24) is 9.88 Å². The zero-order valence-electron chi connectivity index (χ0n) is 22.4. The van der Waals surface area contributed by atoms with Crippen LogP contribution in [0.25, 0.3) is 0 Å². The summed E-state index contributed by atoms with van der Waals surface area (Å²) in [5, 5.41) is 2.83. The zero-order valence-corrected chi connectivity index (χ0v) is 22.4. The summed E-state index contributed by atoms with van der Waals surface area (Å²) in [6.45, 7) is 9.61. The number of ether oxygens (including phenoxy) is 2. The molecular formula is C28H37F2N3O4. The number of hydrogen-bond acceptors (Lipinski definition) is 6. The Hall–Kier alpha value is -3.07. The smallest absolute Gasteiger partial charge is 0.388 e. The number of amides is 1. The van der Waals surface area contributed by atoms with Crippen LogP contribution in [0.1, 0.15) is 70.2 Å². The van der Waals surface area contributed by atoms with Gasteiger partial charge in [-0.15, -0.1) is 0 Å². The number of halogens is 2. The Morgan fingerprint density at radius 3 is 2.46 bits per heavy atom. The monoisotopic (exact) mass is 517 g/mol. The molecule has 2 heterocycles. The first-order valence-corrected chi connectivity index (χ1v) is 12.6. The second-order valence-corrected chi connectivity index (χ2v) is 10.6. The van der Waals surface area contributed by atoms with Crippen LogP contribution in [0.5, 0.6) is 5.88 Å². The number of alkyl halides is 2. The van der Waals surface area contributed by atoms with Crippen molar-refractivity contribution >= 4 is 17.6 Å². The third-order valence-electron chi connectivity index (χ3n) is 6.64. The molecule has 1 aromatic carbocycles. The minimum absolute atomic E-state index is 0.110. The molecule has 1 amide bonds. The van der Waals surface area contributed by atoms with Crippen molar-refractivity contribution < 1.29 is 27.8 Å². The van der Waals surface area contributed by atoms with Gasteiger partial charge in [0.25, 0.3) is 0 Å². The molecule has 202 valence electrons. The van der Waals surface area contributed by atoms with Gasteiger partial charge >= 0.3 is 12.6 Å². The molecule has 1 aliphatic rings. The van der Waals surface area contributed by atoms with E-state index >= 15 is 0 Å². The summed E-state index contributed by atoms with van der Waals surface area (Å²) < 4.78 is 36.0.